The number of benzene rings is 1. The van der Waals surface area contributed by atoms with E-state index < -0.39 is 6.10 Å². The van der Waals surface area contributed by atoms with Crippen LogP contribution in [0, 0.1) is 5.82 Å². The van der Waals surface area contributed by atoms with Crippen LogP contribution in [-0.4, -0.2) is 32.2 Å². The van der Waals surface area contributed by atoms with Crippen LogP contribution in [0.3, 0.4) is 0 Å². The molecule has 6 heteroatoms. The number of hydrogen-bond acceptors (Lipinski definition) is 3. The Bertz CT molecular complexity index is 373. The molecular weight excluding hydrogens is 259 g/mol. The summed E-state index contributed by atoms with van der Waals surface area (Å²) in [6, 6.07) is 6.29. The SMILES string of the molecule is COC(CN)C(=O)NCCc1cccc(F)c1.Cl. The monoisotopic (exact) mass is 276 g/mol. The molecule has 4 nitrogen and oxygen atoms in total. The van der Waals surface area contributed by atoms with Crippen molar-refractivity contribution in [2.45, 2.75) is 12.5 Å². The Morgan fingerprint density at radius 3 is 2.83 bits per heavy atom. The molecular formula is C12H18ClFN2O2. The normalized spacial score (nSPS) is 11.5. The number of nitrogens with two attached hydrogens (primary N) is 1. The molecule has 18 heavy (non-hydrogen) atoms. The number of amides is 1. The van der Waals surface area contributed by atoms with Crippen LogP contribution >= 0.6 is 12.4 Å². The zero-order chi connectivity index (χ0) is 12.7. The summed E-state index contributed by atoms with van der Waals surface area (Å²) in [6.07, 6.45) is -0.0488. The van der Waals surface area contributed by atoms with Crippen molar-refractivity contribution in [1.82, 2.24) is 5.32 Å². The third-order valence-electron chi connectivity index (χ3n) is 2.39. The van der Waals surface area contributed by atoms with E-state index in [0.29, 0.717) is 13.0 Å². The van der Waals surface area contributed by atoms with Gasteiger partial charge < -0.3 is 15.8 Å². The lowest BCUT2D eigenvalue weighted by Crippen LogP contribution is -2.41. The first-order chi connectivity index (χ1) is 8.17. The van der Waals surface area contributed by atoms with Gasteiger partial charge in [0.25, 0.3) is 0 Å². The molecule has 0 saturated heterocycles. The van der Waals surface area contributed by atoms with Gasteiger partial charge in [0.05, 0.1) is 0 Å². The topological polar surface area (TPSA) is 64.3 Å². The Morgan fingerprint density at radius 1 is 1.56 bits per heavy atom. The van der Waals surface area contributed by atoms with E-state index in [1.54, 1.807) is 6.07 Å². The molecule has 0 aliphatic carbocycles. The van der Waals surface area contributed by atoms with Gasteiger partial charge in [0, 0.05) is 20.2 Å². The van der Waals surface area contributed by atoms with E-state index in [0.717, 1.165) is 5.56 Å². The molecule has 0 radical (unpaired) electrons. The fraction of sp³-hybridized carbons (Fsp3) is 0.417. The molecule has 0 bridgehead atoms. The van der Waals surface area contributed by atoms with Gasteiger partial charge in [-0.2, -0.15) is 0 Å². The highest BCUT2D eigenvalue weighted by atomic mass is 35.5. The molecule has 0 saturated carbocycles. The number of halogens is 2. The number of rotatable bonds is 6. The first kappa shape index (κ1) is 16.8. The first-order valence-electron chi connectivity index (χ1n) is 5.42. The van der Waals surface area contributed by atoms with Crippen LogP contribution in [0.5, 0.6) is 0 Å². The van der Waals surface area contributed by atoms with Gasteiger partial charge in [0.1, 0.15) is 11.9 Å². The maximum Gasteiger partial charge on any atom is 0.250 e. The van der Waals surface area contributed by atoms with Crippen molar-refractivity contribution in [3.05, 3.63) is 35.6 Å². The zero-order valence-corrected chi connectivity index (χ0v) is 11.0. The number of carbonyl (C=O) groups is 1. The minimum absolute atomic E-state index is 0. The van der Waals surface area contributed by atoms with Gasteiger partial charge in [-0.15, -0.1) is 12.4 Å². The van der Waals surface area contributed by atoms with Crippen molar-refractivity contribution >= 4 is 18.3 Å². The molecule has 1 amide bonds. The molecule has 102 valence electrons. The molecule has 1 rings (SSSR count). The summed E-state index contributed by atoms with van der Waals surface area (Å²) < 4.78 is 17.8. The molecule has 0 aliphatic heterocycles. The number of carbonyl (C=O) groups excluding carboxylic acids is 1. The molecule has 1 unspecified atom stereocenters. The summed E-state index contributed by atoms with van der Waals surface area (Å²) in [4.78, 5) is 11.5. The van der Waals surface area contributed by atoms with Gasteiger partial charge in [-0.05, 0) is 24.1 Å². The van der Waals surface area contributed by atoms with Crippen LogP contribution in [-0.2, 0) is 16.0 Å². The third kappa shape index (κ3) is 5.44. The largest absolute Gasteiger partial charge is 0.370 e. The predicted molar refractivity (Wildman–Crippen MR) is 70.2 cm³/mol. The summed E-state index contributed by atoms with van der Waals surface area (Å²) >= 11 is 0. The highest BCUT2D eigenvalue weighted by Crippen LogP contribution is 2.03. The second-order valence-corrected chi connectivity index (χ2v) is 3.63. The Hall–Kier alpha value is -1.17. The van der Waals surface area contributed by atoms with Crippen LogP contribution in [0.2, 0.25) is 0 Å². The van der Waals surface area contributed by atoms with E-state index in [2.05, 4.69) is 5.32 Å². The lowest BCUT2D eigenvalue weighted by Gasteiger charge is -2.12. The highest BCUT2D eigenvalue weighted by Gasteiger charge is 2.14. The average molecular weight is 277 g/mol. The fourth-order valence-electron chi connectivity index (χ4n) is 1.45. The third-order valence-corrected chi connectivity index (χ3v) is 2.39. The Morgan fingerprint density at radius 2 is 2.28 bits per heavy atom. The van der Waals surface area contributed by atoms with Gasteiger partial charge >= 0.3 is 0 Å². The van der Waals surface area contributed by atoms with Crippen LogP contribution in [0.25, 0.3) is 0 Å². The van der Waals surface area contributed by atoms with Crippen molar-refractivity contribution in [3.8, 4) is 0 Å². The summed E-state index contributed by atoms with van der Waals surface area (Å²) in [5.74, 6) is -0.517. The van der Waals surface area contributed by atoms with E-state index >= 15 is 0 Å². The van der Waals surface area contributed by atoms with E-state index in [1.807, 2.05) is 6.07 Å². The zero-order valence-electron chi connectivity index (χ0n) is 10.2. The average Bonchev–Trinajstić information content (AvgIpc) is 2.30. The summed E-state index contributed by atoms with van der Waals surface area (Å²) in [5.41, 5.74) is 6.19. The van der Waals surface area contributed by atoms with Crippen molar-refractivity contribution < 1.29 is 13.9 Å². The number of ether oxygens (including phenoxy) is 1. The Balaban J connectivity index is 0.00000289. The van der Waals surface area contributed by atoms with Crippen molar-refractivity contribution in [3.63, 3.8) is 0 Å². The van der Waals surface area contributed by atoms with E-state index in [9.17, 15) is 9.18 Å². The van der Waals surface area contributed by atoms with Crippen LogP contribution in [0.4, 0.5) is 4.39 Å². The maximum absolute atomic E-state index is 12.9. The fourth-order valence-corrected chi connectivity index (χ4v) is 1.45. The molecule has 0 aliphatic rings. The molecule has 1 aromatic rings. The van der Waals surface area contributed by atoms with E-state index in [1.165, 1.54) is 19.2 Å². The minimum atomic E-state index is -0.623. The van der Waals surface area contributed by atoms with Crippen LogP contribution in [0.1, 0.15) is 5.56 Å². The quantitative estimate of drug-likeness (QED) is 0.811. The smallest absolute Gasteiger partial charge is 0.250 e. The van der Waals surface area contributed by atoms with E-state index in [4.69, 9.17) is 10.5 Å². The summed E-state index contributed by atoms with van der Waals surface area (Å²) in [7, 11) is 1.43. The molecule has 0 spiro atoms. The van der Waals surface area contributed by atoms with Crippen molar-refractivity contribution in [2.75, 3.05) is 20.2 Å². The highest BCUT2D eigenvalue weighted by molar-refractivity contribution is 5.85. The van der Waals surface area contributed by atoms with Gasteiger partial charge in [0.2, 0.25) is 5.91 Å². The number of hydrogen-bond donors (Lipinski definition) is 2. The summed E-state index contributed by atoms with van der Waals surface area (Å²) in [5, 5.41) is 2.69. The maximum atomic E-state index is 12.9. The van der Waals surface area contributed by atoms with Crippen LogP contribution < -0.4 is 11.1 Å². The molecule has 3 N–H and O–H groups in total. The van der Waals surface area contributed by atoms with Gasteiger partial charge in [-0.3, -0.25) is 4.79 Å². The molecule has 1 atom stereocenters. The lowest BCUT2D eigenvalue weighted by molar-refractivity contribution is -0.130. The number of methoxy groups -OCH3 is 1. The van der Waals surface area contributed by atoms with E-state index in [-0.39, 0.29) is 30.7 Å². The Labute approximate surface area is 112 Å². The van der Waals surface area contributed by atoms with Crippen LogP contribution in [0.15, 0.2) is 24.3 Å². The van der Waals surface area contributed by atoms with Crippen molar-refractivity contribution in [2.24, 2.45) is 5.73 Å². The number of nitrogens with one attached hydrogen (secondary N) is 1. The van der Waals surface area contributed by atoms with Gasteiger partial charge in [-0.1, -0.05) is 12.1 Å². The molecule has 0 heterocycles. The predicted octanol–water partition coefficient (Wildman–Crippen LogP) is 0.880. The molecule has 0 aromatic heterocycles. The summed E-state index contributed by atoms with van der Waals surface area (Å²) in [6.45, 7) is 0.574. The standard InChI is InChI=1S/C12H17FN2O2.ClH/c1-17-11(8-14)12(16)15-6-5-9-3-2-4-10(13)7-9;/h2-4,7,11H,5-6,8,14H2,1H3,(H,15,16);1H. The first-order valence-corrected chi connectivity index (χ1v) is 5.42. The minimum Gasteiger partial charge on any atom is -0.370 e. The van der Waals surface area contributed by atoms with Crippen molar-refractivity contribution in [1.29, 1.82) is 0 Å². The van der Waals surface area contributed by atoms with Gasteiger partial charge in [0.15, 0.2) is 0 Å². The lowest BCUT2D eigenvalue weighted by atomic mass is 10.1. The van der Waals surface area contributed by atoms with Gasteiger partial charge in [-0.25, -0.2) is 4.39 Å². The second kappa shape index (κ2) is 8.85. The Kier molecular flexibility index (Phi) is 8.28. The molecule has 0 fully saturated rings. The second-order valence-electron chi connectivity index (χ2n) is 3.63. The molecule has 1 aromatic carbocycles.